The van der Waals surface area contributed by atoms with Crippen LogP contribution in [0.25, 0.3) is 0 Å². The highest BCUT2D eigenvalue weighted by Crippen LogP contribution is 2.32. The van der Waals surface area contributed by atoms with Gasteiger partial charge in [0.15, 0.2) is 0 Å². The van der Waals surface area contributed by atoms with E-state index in [9.17, 15) is 4.79 Å². The van der Waals surface area contributed by atoms with Gasteiger partial charge in [0, 0.05) is 18.8 Å². The van der Waals surface area contributed by atoms with Crippen LogP contribution in [0, 0.1) is 0 Å². The highest BCUT2D eigenvalue weighted by molar-refractivity contribution is 6.40. The van der Waals surface area contributed by atoms with Gasteiger partial charge in [0.05, 0.1) is 21.8 Å². The number of nitrogens with zero attached hydrogens (tertiary/aromatic N) is 2. The number of benzene rings is 1. The van der Waals surface area contributed by atoms with Crippen molar-refractivity contribution in [3.05, 3.63) is 22.2 Å². The molecule has 1 amide bonds. The summed E-state index contributed by atoms with van der Waals surface area (Å²) in [5.74, 6) is -0.162. The molecule has 1 atom stereocenters. The Balaban J connectivity index is 2.72. The SMILES string of the molecule is CC(C(=O)Nc1c(Cl)cc(N)cc1Cl)N(C)CCN(C)C. The van der Waals surface area contributed by atoms with Crippen molar-refractivity contribution >= 4 is 40.5 Å². The summed E-state index contributed by atoms with van der Waals surface area (Å²) in [5.41, 5.74) is 6.49. The summed E-state index contributed by atoms with van der Waals surface area (Å²) in [6.07, 6.45) is 0. The van der Waals surface area contributed by atoms with E-state index in [0.717, 1.165) is 13.1 Å². The van der Waals surface area contributed by atoms with Crippen LogP contribution in [0.5, 0.6) is 0 Å². The second-order valence-corrected chi connectivity index (χ2v) is 6.12. The predicted octanol–water partition coefficient (Wildman–Crippen LogP) is 2.40. The van der Waals surface area contributed by atoms with Gasteiger partial charge in [-0.3, -0.25) is 9.69 Å². The van der Waals surface area contributed by atoms with Gasteiger partial charge in [-0.1, -0.05) is 23.2 Å². The standard InChI is InChI=1S/C14H22Cl2N4O/c1-9(20(4)6-5-19(2)3)14(21)18-13-11(15)7-10(17)8-12(13)16/h7-9H,5-6,17H2,1-4H3,(H,18,21). The van der Waals surface area contributed by atoms with Crippen molar-refractivity contribution in [2.75, 3.05) is 45.3 Å². The van der Waals surface area contributed by atoms with Crippen molar-refractivity contribution in [3.8, 4) is 0 Å². The lowest BCUT2D eigenvalue weighted by atomic mass is 10.2. The first-order valence-electron chi connectivity index (χ1n) is 6.62. The maximum absolute atomic E-state index is 12.3. The number of rotatable bonds is 6. The van der Waals surface area contributed by atoms with Crippen LogP contribution in [0.15, 0.2) is 12.1 Å². The monoisotopic (exact) mass is 332 g/mol. The summed E-state index contributed by atoms with van der Waals surface area (Å²) < 4.78 is 0. The van der Waals surface area contributed by atoms with Crippen molar-refractivity contribution in [1.29, 1.82) is 0 Å². The maximum atomic E-state index is 12.3. The fraction of sp³-hybridized carbons (Fsp3) is 0.500. The van der Waals surface area contributed by atoms with E-state index in [1.807, 2.05) is 33.0 Å². The van der Waals surface area contributed by atoms with Crippen molar-refractivity contribution in [3.63, 3.8) is 0 Å². The van der Waals surface area contributed by atoms with Gasteiger partial charge in [0.2, 0.25) is 5.91 Å². The third kappa shape index (κ3) is 5.36. The molecule has 5 nitrogen and oxygen atoms in total. The Morgan fingerprint density at radius 3 is 2.24 bits per heavy atom. The van der Waals surface area contributed by atoms with Gasteiger partial charge in [-0.2, -0.15) is 0 Å². The molecular weight excluding hydrogens is 311 g/mol. The van der Waals surface area contributed by atoms with Gasteiger partial charge >= 0.3 is 0 Å². The summed E-state index contributed by atoms with van der Waals surface area (Å²) in [6.45, 7) is 3.49. The van der Waals surface area contributed by atoms with Gasteiger partial charge in [-0.05, 0) is 40.2 Å². The minimum atomic E-state index is -0.297. The Morgan fingerprint density at radius 1 is 1.24 bits per heavy atom. The molecule has 0 heterocycles. The summed E-state index contributed by atoms with van der Waals surface area (Å²) in [7, 11) is 5.89. The Hall–Kier alpha value is -1.01. The van der Waals surface area contributed by atoms with Crippen LogP contribution >= 0.6 is 23.2 Å². The largest absolute Gasteiger partial charge is 0.399 e. The molecule has 1 aromatic carbocycles. The van der Waals surface area contributed by atoms with E-state index in [0.29, 0.717) is 21.4 Å². The van der Waals surface area contributed by atoms with Gasteiger partial charge < -0.3 is 16.0 Å². The second-order valence-electron chi connectivity index (χ2n) is 5.31. The summed E-state index contributed by atoms with van der Waals surface area (Å²) in [5, 5.41) is 3.42. The number of hydrogen-bond acceptors (Lipinski definition) is 4. The normalized spacial score (nSPS) is 12.8. The van der Waals surface area contributed by atoms with E-state index in [1.165, 1.54) is 0 Å². The molecule has 0 aliphatic heterocycles. The fourth-order valence-corrected chi connectivity index (χ4v) is 2.29. The van der Waals surface area contributed by atoms with Crippen molar-refractivity contribution < 1.29 is 4.79 Å². The minimum Gasteiger partial charge on any atom is -0.399 e. The molecule has 118 valence electrons. The molecule has 1 rings (SSSR count). The summed E-state index contributed by atoms with van der Waals surface area (Å²) >= 11 is 12.1. The van der Waals surface area contributed by atoms with E-state index in [-0.39, 0.29) is 11.9 Å². The number of nitrogen functional groups attached to an aromatic ring is 1. The second kappa shape index (κ2) is 7.84. The van der Waals surface area contributed by atoms with Gasteiger partial charge in [0.25, 0.3) is 0 Å². The topological polar surface area (TPSA) is 61.6 Å². The molecule has 21 heavy (non-hydrogen) atoms. The highest BCUT2D eigenvalue weighted by Gasteiger charge is 2.20. The molecule has 0 fully saturated rings. The summed E-state index contributed by atoms with van der Waals surface area (Å²) in [4.78, 5) is 16.3. The predicted molar refractivity (Wildman–Crippen MR) is 90.2 cm³/mol. The van der Waals surface area contributed by atoms with E-state index in [1.54, 1.807) is 12.1 Å². The van der Waals surface area contributed by atoms with Gasteiger partial charge in [-0.15, -0.1) is 0 Å². The molecule has 0 spiro atoms. The fourth-order valence-electron chi connectivity index (χ4n) is 1.69. The molecule has 3 N–H and O–H groups in total. The van der Waals surface area contributed by atoms with E-state index < -0.39 is 0 Å². The number of hydrogen-bond donors (Lipinski definition) is 2. The Labute approximate surface area is 136 Å². The van der Waals surface area contributed by atoms with Crippen LogP contribution in [0.2, 0.25) is 10.0 Å². The van der Waals surface area contributed by atoms with Crippen LogP contribution in [-0.4, -0.2) is 56.0 Å². The third-order valence-corrected chi connectivity index (χ3v) is 3.85. The zero-order chi connectivity index (χ0) is 16.2. The number of nitrogens with one attached hydrogen (secondary N) is 1. The highest BCUT2D eigenvalue weighted by atomic mass is 35.5. The van der Waals surface area contributed by atoms with E-state index >= 15 is 0 Å². The number of carbonyl (C=O) groups is 1. The first-order valence-corrected chi connectivity index (χ1v) is 7.38. The maximum Gasteiger partial charge on any atom is 0.241 e. The molecule has 1 unspecified atom stereocenters. The molecule has 0 bridgehead atoms. The van der Waals surface area contributed by atoms with E-state index in [2.05, 4.69) is 10.2 Å². The zero-order valence-corrected chi connectivity index (χ0v) is 14.3. The van der Waals surface area contributed by atoms with Gasteiger partial charge in [0.1, 0.15) is 0 Å². The first-order chi connectivity index (χ1) is 9.72. The lowest BCUT2D eigenvalue weighted by Crippen LogP contribution is -2.42. The first kappa shape index (κ1) is 18.0. The Bertz CT molecular complexity index is 485. The van der Waals surface area contributed by atoms with Crippen LogP contribution in [-0.2, 0) is 4.79 Å². The molecule has 0 aliphatic carbocycles. The molecule has 1 aromatic rings. The van der Waals surface area contributed by atoms with Crippen LogP contribution in [0.1, 0.15) is 6.92 Å². The molecule has 0 aliphatic rings. The molecule has 7 heteroatoms. The quantitative estimate of drug-likeness (QED) is 0.785. The third-order valence-electron chi connectivity index (χ3n) is 3.25. The lowest BCUT2D eigenvalue weighted by Gasteiger charge is -2.25. The van der Waals surface area contributed by atoms with Crippen LogP contribution < -0.4 is 11.1 Å². The number of nitrogens with two attached hydrogens (primary N) is 1. The molecule has 0 saturated carbocycles. The smallest absolute Gasteiger partial charge is 0.241 e. The molecule has 0 radical (unpaired) electrons. The number of anilines is 2. The number of halogens is 2. The Morgan fingerprint density at radius 2 is 1.76 bits per heavy atom. The van der Waals surface area contributed by atoms with Crippen molar-refractivity contribution in [2.24, 2.45) is 0 Å². The molecule has 0 saturated heterocycles. The van der Waals surface area contributed by atoms with Gasteiger partial charge in [-0.25, -0.2) is 0 Å². The Kier molecular flexibility index (Phi) is 6.74. The lowest BCUT2D eigenvalue weighted by molar-refractivity contribution is -0.120. The molecular formula is C14H22Cl2N4O. The van der Waals surface area contributed by atoms with Crippen LogP contribution in [0.3, 0.4) is 0 Å². The van der Waals surface area contributed by atoms with Crippen molar-refractivity contribution in [1.82, 2.24) is 9.80 Å². The number of carbonyl (C=O) groups excluding carboxylic acids is 1. The van der Waals surface area contributed by atoms with E-state index in [4.69, 9.17) is 28.9 Å². The number of likely N-dealkylation sites (N-methyl/N-ethyl adjacent to an activating group) is 2. The minimum absolute atomic E-state index is 0.162. The average Bonchev–Trinajstić information content (AvgIpc) is 2.38. The average molecular weight is 333 g/mol. The molecule has 0 aromatic heterocycles. The number of amides is 1. The van der Waals surface area contributed by atoms with Crippen LogP contribution in [0.4, 0.5) is 11.4 Å². The van der Waals surface area contributed by atoms with Crippen molar-refractivity contribution in [2.45, 2.75) is 13.0 Å². The summed E-state index contributed by atoms with van der Waals surface area (Å²) in [6, 6.07) is 2.82. The zero-order valence-electron chi connectivity index (χ0n) is 12.8.